The molecule has 1 aliphatic heterocycles. The first-order valence-corrected chi connectivity index (χ1v) is 6.38. The van der Waals surface area contributed by atoms with E-state index in [0.29, 0.717) is 0 Å². The maximum atomic E-state index is 6.23. The summed E-state index contributed by atoms with van der Waals surface area (Å²) in [6, 6.07) is 7.69. The van der Waals surface area contributed by atoms with Crippen molar-refractivity contribution < 1.29 is 0 Å². The van der Waals surface area contributed by atoms with Crippen LogP contribution in [0.5, 0.6) is 0 Å². The molecule has 0 aromatic heterocycles. The molecule has 1 aromatic rings. The average Bonchev–Trinajstić information content (AvgIpc) is 2.87. The number of benzene rings is 1. The molecule has 2 aliphatic rings. The highest BCUT2D eigenvalue weighted by atomic mass is 15.2. The van der Waals surface area contributed by atoms with Gasteiger partial charge in [-0.1, -0.05) is 30.5 Å². The fraction of sp³-hybridized carbons (Fsp3) is 0.571. The van der Waals surface area contributed by atoms with Crippen LogP contribution in [0, 0.1) is 6.92 Å². The van der Waals surface area contributed by atoms with Gasteiger partial charge in [0.05, 0.1) is 0 Å². The van der Waals surface area contributed by atoms with Crippen LogP contribution in [0.4, 0.5) is 5.69 Å². The Morgan fingerprint density at radius 2 is 2.00 bits per heavy atom. The number of rotatable bonds is 1. The predicted octanol–water partition coefficient (Wildman–Crippen LogP) is 2.76. The molecule has 1 saturated carbocycles. The van der Waals surface area contributed by atoms with Crippen molar-refractivity contribution in [3.05, 3.63) is 29.3 Å². The molecule has 0 spiro atoms. The third-order valence-electron chi connectivity index (χ3n) is 4.05. The molecule has 0 saturated heterocycles. The quantitative estimate of drug-likeness (QED) is 0.782. The summed E-state index contributed by atoms with van der Waals surface area (Å²) < 4.78 is 0. The van der Waals surface area contributed by atoms with E-state index in [0.717, 1.165) is 12.6 Å². The third-order valence-corrected chi connectivity index (χ3v) is 4.05. The fourth-order valence-corrected chi connectivity index (χ4v) is 3.20. The van der Waals surface area contributed by atoms with E-state index in [2.05, 4.69) is 30.0 Å². The zero-order valence-corrected chi connectivity index (χ0v) is 9.95. The normalized spacial score (nSPS) is 25.1. The van der Waals surface area contributed by atoms with Crippen LogP contribution in [-0.2, 0) is 0 Å². The van der Waals surface area contributed by atoms with Crippen molar-refractivity contribution >= 4 is 5.69 Å². The van der Waals surface area contributed by atoms with E-state index >= 15 is 0 Å². The SMILES string of the molecule is Cc1ccc2c(c1)[C@H](N)CN2C1CCCC1. The van der Waals surface area contributed by atoms with Gasteiger partial charge in [0, 0.05) is 24.3 Å². The standard InChI is InChI=1S/C14H20N2/c1-10-6-7-14-12(8-10)13(15)9-16(14)11-4-2-3-5-11/h6-8,11,13H,2-5,9,15H2,1H3/t13-/m1/s1. The first kappa shape index (κ1) is 10.2. The molecular weight excluding hydrogens is 196 g/mol. The lowest BCUT2D eigenvalue weighted by Crippen LogP contribution is -2.33. The van der Waals surface area contributed by atoms with Gasteiger partial charge in [0.25, 0.3) is 0 Å². The highest BCUT2D eigenvalue weighted by molar-refractivity contribution is 5.61. The second kappa shape index (κ2) is 3.77. The van der Waals surface area contributed by atoms with Gasteiger partial charge in [-0.15, -0.1) is 0 Å². The molecule has 3 rings (SSSR count). The predicted molar refractivity (Wildman–Crippen MR) is 67.7 cm³/mol. The number of hydrogen-bond acceptors (Lipinski definition) is 2. The van der Waals surface area contributed by atoms with Crippen LogP contribution in [0.1, 0.15) is 42.9 Å². The first-order chi connectivity index (χ1) is 7.75. The molecule has 2 N–H and O–H groups in total. The Labute approximate surface area is 97.4 Å². The van der Waals surface area contributed by atoms with Crippen molar-refractivity contribution in [3.63, 3.8) is 0 Å². The van der Waals surface area contributed by atoms with E-state index in [4.69, 9.17) is 5.73 Å². The van der Waals surface area contributed by atoms with Crippen molar-refractivity contribution in [2.75, 3.05) is 11.4 Å². The van der Waals surface area contributed by atoms with Gasteiger partial charge < -0.3 is 10.6 Å². The Kier molecular flexibility index (Phi) is 2.40. The zero-order valence-electron chi connectivity index (χ0n) is 9.95. The van der Waals surface area contributed by atoms with E-state index in [1.165, 1.54) is 42.5 Å². The van der Waals surface area contributed by atoms with Gasteiger partial charge in [-0.05, 0) is 31.4 Å². The molecule has 1 aromatic carbocycles. The Bertz CT molecular complexity index is 394. The second-order valence-corrected chi connectivity index (χ2v) is 5.26. The summed E-state index contributed by atoms with van der Waals surface area (Å²) in [5, 5.41) is 0. The lowest BCUT2D eigenvalue weighted by molar-refractivity contribution is 0.597. The maximum absolute atomic E-state index is 6.23. The number of fused-ring (bicyclic) bond motifs is 1. The average molecular weight is 216 g/mol. The highest BCUT2D eigenvalue weighted by Gasteiger charge is 2.32. The van der Waals surface area contributed by atoms with Crippen molar-refractivity contribution in [3.8, 4) is 0 Å². The minimum absolute atomic E-state index is 0.218. The molecule has 1 atom stereocenters. The Balaban J connectivity index is 1.95. The van der Waals surface area contributed by atoms with E-state index < -0.39 is 0 Å². The molecule has 0 bridgehead atoms. The number of nitrogens with zero attached hydrogens (tertiary/aromatic N) is 1. The van der Waals surface area contributed by atoms with Crippen LogP contribution < -0.4 is 10.6 Å². The van der Waals surface area contributed by atoms with Gasteiger partial charge in [0.1, 0.15) is 0 Å². The van der Waals surface area contributed by atoms with Gasteiger partial charge in [0.15, 0.2) is 0 Å². The molecule has 2 heteroatoms. The van der Waals surface area contributed by atoms with Gasteiger partial charge in [0.2, 0.25) is 0 Å². The van der Waals surface area contributed by atoms with Gasteiger partial charge in [-0.25, -0.2) is 0 Å². The number of nitrogens with two attached hydrogens (primary N) is 1. The number of aryl methyl sites for hydroxylation is 1. The lowest BCUT2D eigenvalue weighted by atomic mass is 10.1. The molecule has 86 valence electrons. The van der Waals surface area contributed by atoms with Crippen LogP contribution in [0.25, 0.3) is 0 Å². The highest BCUT2D eigenvalue weighted by Crippen LogP contribution is 2.38. The Morgan fingerprint density at radius 1 is 1.25 bits per heavy atom. The smallest absolute Gasteiger partial charge is 0.0494 e. The van der Waals surface area contributed by atoms with Crippen molar-refractivity contribution in [2.45, 2.75) is 44.7 Å². The second-order valence-electron chi connectivity index (χ2n) is 5.26. The Hall–Kier alpha value is -1.02. The molecule has 16 heavy (non-hydrogen) atoms. The topological polar surface area (TPSA) is 29.3 Å². The summed E-state index contributed by atoms with van der Waals surface area (Å²) in [6.07, 6.45) is 5.47. The minimum atomic E-state index is 0.218. The maximum Gasteiger partial charge on any atom is 0.0494 e. The van der Waals surface area contributed by atoms with E-state index in [-0.39, 0.29) is 6.04 Å². The zero-order chi connectivity index (χ0) is 11.1. The molecule has 0 radical (unpaired) electrons. The van der Waals surface area contributed by atoms with E-state index in [1.54, 1.807) is 0 Å². The fourth-order valence-electron chi connectivity index (χ4n) is 3.20. The van der Waals surface area contributed by atoms with Crippen LogP contribution >= 0.6 is 0 Å². The van der Waals surface area contributed by atoms with Crippen molar-refractivity contribution in [2.24, 2.45) is 5.73 Å². The molecule has 1 aliphatic carbocycles. The molecule has 2 nitrogen and oxygen atoms in total. The van der Waals surface area contributed by atoms with E-state index in [1.807, 2.05) is 0 Å². The van der Waals surface area contributed by atoms with Crippen LogP contribution in [0.2, 0.25) is 0 Å². The summed E-state index contributed by atoms with van der Waals surface area (Å²) >= 11 is 0. The third kappa shape index (κ3) is 1.52. The summed E-state index contributed by atoms with van der Waals surface area (Å²) in [4.78, 5) is 2.55. The monoisotopic (exact) mass is 216 g/mol. The van der Waals surface area contributed by atoms with Crippen LogP contribution in [-0.4, -0.2) is 12.6 Å². The molecule has 0 unspecified atom stereocenters. The molecular formula is C14H20N2. The molecule has 0 amide bonds. The first-order valence-electron chi connectivity index (χ1n) is 6.38. The summed E-state index contributed by atoms with van der Waals surface area (Å²) in [7, 11) is 0. The van der Waals surface area contributed by atoms with Crippen LogP contribution in [0.15, 0.2) is 18.2 Å². The van der Waals surface area contributed by atoms with Gasteiger partial charge >= 0.3 is 0 Å². The summed E-state index contributed by atoms with van der Waals surface area (Å²) in [5.41, 5.74) is 10.3. The number of hydrogen-bond donors (Lipinski definition) is 1. The van der Waals surface area contributed by atoms with Crippen molar-refractivity contribution in [1.82, 2.24) is 0 Å². The van der Waals surface area contributed by atoms with Gasteiger partial charge in [-0.2, -0.15) is 0 Å². The Morgan fingerprint density at radius 3 is 2.75 bits per heavy atom. The minimum Gasteiger partial charge on any atom is -0.366 e. The van der Waals surface area contributed by atoms with Gasteiger partial charge in [-0.3, -0.25) is 0 Å². The number of anilines is 1. The van der Waals surface area contributed by atoms with Crippen molar-refractivity contribution in [1.29, 1.82) is 0 Å². The lowest BCUT2D eigenvalue weighted by Gasteiger charge is -2.27. The summed E-state index contributed by atoms with van der Waals surface area (Å²) in [5.74, 6) is 0. The van der Waals surface area contributed by atoms with Crippen LogP contribution in [0.3, 0.4) is 0 Å². The largest absolute Gasteiger partial charge is 0.366 e. The molecule has 1 heterocycles. The van der Waals surface area contributed by atoms with E-state index in [9.17, 15) is 0 Å². The molecule has 1 fully saturated rings. The summed E-state index contributed by atoms with van der Waals surface area (Å²) in [6.45, 7) is 3.16.